The maximum absolute atomic E-state index is 12.1. The first kappa shape index (κ1) is 13.9. The molecule has 0 aliphatic heterocycles. The molecule has 0 aromatic carbocycles. The van der Waals surface area contributed by atoms with E-state index in [0.717, 1.165) is 29.2 Å². The number of aromatic nitrogens is 2. The van der Waals surface area contributed by atoms with Crippen molar-refractivity contribution in [3.05, 3.63) is 59.9 Å². The zero-order chi connectivity index (χ0) is 15.8. The zero-order valence-electron chi connectivity index (χ0n) is 12.8. The second-order valence-electron chi connectivity index (χ2n) is 5.86. The Morgan fingerprint density at radius 1 is 1.39 bits per heavy atom. The Morgan fingerprint density at radius 2 is 2.30 bits per heavy atom. The minimum absolute atomic E-state index is 0.157. The van der Waals surface area contributed by atoms with E-state index in [1.165, 1.54) is 0 Å². The molecule has 118 valence electrons. The van der Waals surface area contributed by atoms with Crippen molar-refractivity contribution in [3.8, 4) is 0 Å². The van der Waals surface area contributed by atoms with Crippen LogP contribution >= 0.6 is 0 Å². The van der Waals surface area contributed by atoms with Crippen LogP contribution in [0.15, 0.2) is 47.2 Å². The van der Waals surface area contributed by atoms with Crippen molar-refractivity contribution in [1.82, 2.24) is 20.0 Å². The lowest BCUT2D eigenvalue weighted by Gasteiger charge is -2.08. The van der Waals surface area contributed by atoms with Gasteiger partial charge in [-0.25, -0.2) is 9.78 Å². The number of nitrogens with zero attached hydrogens (tertiary/aromatic N) is 2. The number of carbonyl (C=O) groups is 1. The fourth-order valence-electron chi connectivity index (χ4n) is 2.93. The lowest BCUT2D eigenvalue weighted by molar-refractivity contribution is 0.239. The van der Waals surface area contributed by atoms with Gasteiger partial charge in [0.25, 0.3) is 0 Å². The number of fused-ring (bicyclic) bond motifs is 1. The third kappa shape index (κ3) is 2.67. The summed E-state index contributed by atoms with van der Waals surface area (Å²) in [5.74, 6) is 1.24. The van der Waals surface area contributed by atoms with Crippen molar-refractivity contribution in [1.29, 1.82) is 0 Å². The van der Waals surface area contributed by atoms with E-state index >= 15 is 0 Å². The second-order valence-corrected chi connectivity index (χ2v) is 5.86. The molecule has 6 heteroatoms. The minimum Gasteiger partial charge on any atom is -0.469 e. The summed E-state index contributed by atoms with van der Waals surface area (Å²) in [7, 11) is 0. The number of rotatable bonds is 4. The fourth-order valence-corrected chi connectivity index (χ4v) is 2.93. The Kier molecular flexibility index (Phi) is 3.29. The van der Waals surface area contributed by atoms with Gasteiger partial charge in [-0.2, -0.15) is 0 Å². The third-order valence-corrected chi connectivity index (χ3v) is 4.26. The topological polar surface area (TPSA) is 71.6 Å². The van der Waals surface area contributed by atoms with E-state index in [4.69, 9.17) is 4.42 Å². The molecule has 23 heavy (non-hydrogen) atoms. The van der Waals surface area contributed by atoms with Gasteiger partial charge in [0.1, 0.15) is 11.4 Å². The van der Waals surface area contributed by atoms with E-state index in [-0.39, 0.29) is 12.1 Å². The lowest BCUT2D eigenvalue weighted by atomic mass is 10.3. The molecule has 3 aromatic heterocycles. The van der Waals surface area contributed by atoms with E-state index < -0.39 is 0 Å². The summed E-state index contributed by atoms with van der Waals surface area (Å²) in [6.45, 7) is 2.40. The van der Waals surface area contributed by atoms with Crippen LogP contribution in [-0.2, 0) is 6.54 Å². The highest BCUT2D eigenvalue weighted by molar-refractivity contribution is 5.74. The Morgan fingerprint density at radius 3 is 3.13 bits per heavy atom. The number of aryl methyl sites for hydroxylation is 1. The molecule has 4 rings (SSSR count). The van der Waals surface area contributed by atoms with Gasteiger partial charge >= 0.3 is 6.03 Å². The Balaban J connectivity index is 1.36. The third-order valence-electron chi connectivity index (χ3n) is 4.26. The van der Waals surface area contributed by atoms with Crippen molar-refractivity contribution in [2.24, 2.45) is 0 Å². The number of amides is 2. The molecule has 1 aliphatic rings. The normalized spacial score (nSPS) is 19.7. The Hall–Kier alpha value is -2.76. The van der Waals surface area contributed by atoms with Gasteiger partial charge in [0, 0.05) is 18.2 Å². The van der Waals surface area contributed by atoms with Crippen LogP contribution in [0.5, 0.6) is 0 Å². The highest BCUT2D eigenvalue weighted by atomic mass is 16.3. The van der Waals surface area contributed by atoms with E-state index in [1.54, 1.807) is 6.26 Å². The molecule has 3 heterocycles. The molecular formula is C17H18N4O2. The number of furan rings is 1. The number of imidazole rings is 1. The van der Waals surface area contributed by atoms with Gasteiger partial charge in [-0.1, -0.05) is 6.07 Å². The number of urea groups is 1. The lowest BCUT2D eigenvalue weighted by Crippen LogP contribution is -2.37. The van der Waals surface area contributed by atoms with Gasteiger partial charge in [-0.3, -0.25) is 0 Å². The Bertz CT molecular complexity index is 838. The molecule has 6 nitrogen and oxygen atoms in total. The van der Waals surface area contributed by atoms with E-state index in [2.05, 4.69) is 15.6 Å². The predicted molar refractivity (Wildman–Crippen MR) is 85.2 cm³/mol. The largest absolute Gasteiger partial charge is 0.469 e. The molecule has 0 saturated heterocycles. The highest BCUT2D eigenvalue weighted by Gasteiger charge is 2.41. The predicted octanol–water partition coefficient (Wildman–Crippen LogP) is 2.59. The van der Waals surface area contributed by atoms with Crippen LogP contribution in [0.4, 0.5) is 4.79 Å². The van der Waals surface area contributed by atoms with Gasteiger partial charge in [-0.15, -0.1) is 0 Å². The molecule has 0 unspecified atom stereocenters. The molecule has 2 N–H and O–H groups in total. The van der Waals surface area contributed by atoms with Crippen molar-refractivity contribution in [3.63, 3.8) is 0 Å². The van der Waals surface area contributed by atoms with Crippen LogP contribution in [0.3, 0.4) is 0 Å². The van der Waals surface area contributed by atoms with Crippen molar-refractivity contribution in [2.45, 2.75) is 31.8 Å². The first-order chi connectivity index (χ1) is 11.2. The molecular weight excluding hydrogens is 292 g/mol. The monoisotopic (exact) mass is 310 g/mol. The first-order valence-electron chi connectivity index (χ1n) is 7.72. The van der Waals surface area contributed by atoms with Crippen LogP contribution < -0.4 is 10.6 Å². The average Bonchev–Trinajstić information content (AvgIpc) is 2.98. The minimum atomic E-state index is -0.158. The number of carbonyl (C=O) groups excluding carboxylic acids is 1. The van der Waals surface area contributed by atoms with Gasteiger partial charge in [0.2, 0.25) is 0 Å². The number of pyridine rings is 1. The van der Waals surface area contributed by atoms with Gasteiger partial charge in [0.05, 0.1) is 24.2 Å². The summed E-state index contributed by atoms with van der Waals surface area (Å²) in [5, 5.41) is 5.90. The van der Waals surface area contributed by atoms with Crippen LogP contribution in [-0.4, -0.2) is 21.5 Å². The molecule has 0 radical (unpaired) electrons. The van der Waals surface area contributed by atoms with Gasteiger partial charge in [0.15, 0.2) is 0 Å². The highest BCUT2D eigenvalue weighted by Crippen LogP contribution is 2.40. The standard InChI is InChI=1S/C17H18N4O2/c1-11-14(21-7-3-2-6-16(21)19-11)10-18-17(22)20-13-9-12(13)15-5-4-8-23-15/h2-8,12-13H,9-10H2,1H3,(H2,18,20,22)/t12-,13-/m1/s1. The molecule has 3 aromatic rings. The van der Waals surface area contributed by atoms with E-state index in [0.29, 0.717) is 12.5 Å². The molecule has 1 saturated carbocycles. The summed E-state index contributed by atoms with van der Waals surface area (Å²) in [5.41, 5.74) is 2.81. The first-order valence-corrected chi connectivity index (χ1v) is 7.72. The fraction of sp³-hybridized carbons (Fsp3) is 0.294. The Labute approximate surface area is 133 Å². The zero-order valence-corrected chi connectivity index (χ0v) is 12.8. The number of hydrogen-bond donors (Lipinski definition) is 2. The molecule has 2 amide bonds. The van der Waals surface area contributed by atoms with E-state index in [1.807, 2.05) is 47.9 Å². The van der Waals surface area contributed by atoms with Crippen molar-refractivity contribution < 1.29 is 9.21 Å². The molecule has 2 atom stereocenters. The molecule has 1 aliphatic carbocycles. The summed E-state index contributed by atoms with van der Waals surface area (Å²) in [6.07, 6.45) is 4.55. The van der Waals surface area contributed by atoms with E-state index in [9.17, 15) is 4.79 Å². The average molecular weight is 310 g/mol. The van der Waals surface area contributed by atoms with Crippen LogP contribution in [0.1, 0.15) is 29.5 Å². The number of nitrogens with one attached hydrogen (secondary N) is 2. The van der Waals surface area contributed by atoms with Crippen LogP contribution in [0.25, 0.3) is 5.65 Å². The van der Waals surface area contributed by atoms with Gasteiger partial charge < -0.3 is 19.5 Å². The summed E-state index contributed by atoms with van der Waals surface area (Å²) in [6, 6.07) is 9.68. The maximum atomic E-state index is 12.1. The molecule has 0 bridgehead atoms. The molecule has 1 fully saturated rings. The second kappa shape index (κ2) is 5.46. The summed E-state index contributed by atoms with van der Waals surface area (Å²) in [4.78, 5) is 16.6. The van der Waals surface area contributed by atoms with Crippen molar-refractivity contribution in [2.75, 3.05) is 0 Å². The van der Waals surface area contributed by atoms with Crippen molar-refractivity contribution >= 4 is 11.7 Å². The number of hydrogen-bond acceptors (Lipinski definition) is 3. The smallest absolute Gasteiger partial charge is 0.315 e. The molecule has 0 spiro atoms. The quantitative estimate of drug-likeness (QED) is 0.778. The summed E-state index contributed by atoms with van der Waals surface area (Å²) >= 11 is 0. The summed E-state index contributed by atoms with van der Waals surface area (Å²) < 4.78 is 7.37. The SMILES string of the molecule is Cc1nc2ccccn2c1CNC(=O)N[C@@H]1C[C@H]1c1ccco1. The maximum Gasteiger partial charge on any atom is 0.315 e. The van der Waals surface area contributed by atoms with Gasteiger partial charge in [-0.05, 0) is 37.6 Å². The van der Waals surface area contributed by atoms with Crippen LogP contribution in [0.2, 0.25) is 0 Å². The van der Waals surface area contributed by atoms with Crippen LogP contribution in [0, 0.1) is 6.92 Å².